The zero-order valence-electron chi connectivity index (χ0n) is 10.7. The fourth-order valence-electron chi connectivity index (χ4n) is 1.37. The van der Waals surface area contributed by atoms with Crippen molar-refractivity contribution in [1.29, 1.82) is 0 Å². The monoisotopic (exact) mass is 324 g/mol. The van der Waals surface area contributed by atoms with Crippen LogP contribution < -0.4 is 0 Å². The maximum absolute atomic E-state index is 12.2. The van der Waals surface area contributed by atoms with Crippen molar-refractivity contribution in [3.63, 3.8) is 0 Å². The number of carbonyl (C=O) groups excluding carboxylic acids is 1. The standard InChI is InChI=1S/C12H12ClF3N2OS/c1-18(7-8-3-4-10(13)17-6-8)11(20-2)5-9(19)12(14,15)16/h3-6H,7H2,1-2H3. The maximum Gasteiger partial charge on any atom is 0.454 e. The van der Waals surface area contributed by atoms with Crippen LogP contribution in [0.25, 0.3) is 0 Å². The first-order valence-corrected chi connectivity index (χ1v) is 7.02. The Hall–Kier alpha value is -1.21. The lowest BCUT2D eigenvalue weighted by atomic mass is 10.3. The van der Waals surface area contributed by atoms with Crippen molar-refractivity contribution in [2.24, 2.45) is 0 Å². The van der Waals surface area contributed by atoms with E-state index in [0.717, 1.165) is 17.3 Å². The van der Waals surface area contributed by atoms with Crippen LogP contribution in [0.5, 0.6) is 0 Å². The summed E-state index contributed by atoms with van der Waals surface area (Å²) < 4.78 is 36.7. The minimum atomic E-state index is -4.86. The molecule has 8 heteroatoms. The minimum absolute atomic E-state index is 0.224. The molecule has 1 heterocycles. The van der Waals surface area contributed by atoms with E-state index < -0.39 is 12.0 Å². The van der Waals surface area contributed by atoms with Gasteiger partial charge in [-0.2, -0.15) is 13.2 Å². The van der Waals surface area contributed by atoms with E-state index in [1.165, 1.54) is 6.20 Å². The van der Waals surface area contributed by atoms with E-state index in [1.807, 2.05) is 0 Å². The summed E-state index contributed by atoms with van der Waals surface area (Å²) in [6.45, 7) is 0.321. The van der Waals surface area contributed by atoms with Crippen LogP contribution in [0.1, 0.15) is 5.56 Å². The largest absolute Gasteiger partial charge is 0.454 e. The lowest BCUT2D eigenvalue weighted by Gasteiger charge is -2.21. The summed E-state index contributed by atoms with van der Waals surface area (Å²) in [6, 6.07) is 3.31. The highest BCUT2D eigenvalue weighted by atomic mass is 35.5. The molecule has 0 aliphatic heterocycles. The summed E-state index contributed by atoms with van der Waals surface area (Å²) in [5.74, 6) is -1.87. The van der Waals surface area contributed by atoms with E-state index >= 15 is 0 Å². The number of ketones is 1. The van der Waals surface area contributed by atoms with E-state index in [4.69, 9.17) is 11.6 Å². The molecule has 0 radical (unpaired) electrons. The van der Waals surface area contributed by atoms with Gasteiger partial charge in [0.2, 0.25) is 0 Å². The van der Waals surface area contributed by atoms with Gasteiger partial charge in [0.05, 0.1) is 5.03 Å². The van der Waals surface area contributed by atoms with Crippen LogP contribution in [0.2, 0.25) is 5.15 Å². The number of hydrogen-bond acceptors (Lipinski definition) is 4. The summed E-state index contributed by atoms with van der Waals surface area (Å²) >= 11 is 6.71. The fourth-order valence-corrected chi connectivity index (χ4v) is 2.08. The third-order valence-electron chi connectivity index (χ3n) is 2.33. The number of aromatic nitrogens is 1. The SMILES string of the molecule is CSC(=CC(=O)C(F)(F)F)N(C)Cc1ccc(Cl)nc1. The zero-order chi connectivity index (χ0) is 15.3. The molecule has 0 spiro atoms. The quantitative estimate of drug-likeness (QED) is 0.613. The van der Waals surface area contributed by atoms with Crippen molar-refractivity contribution in [2.75, 3.05) is 13.3 Å². The van der Waals surface area contributed by atoms with Gasteiger partial charge in [-0.1, -0.05) is 17.7 Å². The first-order valence-electron chi connectivity index (χ1n) is 5.42. The number of halogens is 4. The Balaban J connectivity index is 2.82. The normalized spacial score (nSPS) is 12.4. The second-order valence-corrected chi connectivity index (χ2v) is 5.11. The Bertz CT molecular complexity index is 502. The molecular weight excluding hydrogens is 313 g/mol. The topological polar surface area (TPSA) is 33.2 Å². The molecule has 20 heavy (non-hydrogen) atoms. The van der Waals surface area contributed by atoms with Crippen molar-refractivity contribution in [2.45, 2.75) is 12.7 Å². The third-order valence-corrected chi connectivity index (χ3v) is 3.40. The number of nitrogens with zero attached hydrogens (tertiary/aromatic N) is 2. The Morgan fingerprint density at radius 1 is 1.50 bits per heavy atom. The van der Waals surface area contributed by atoms with Crippen LogP contribution in [0.3, 0.4) is 0 Å². The predicted octanol–water partition coefficient (Wildman–Crippen LogP) is 3.50. The van der Waals surface area contributed by atoms with Gasteiger partial charge in [0.15, 0.2) is 0 Å². The van der Waals surface area contributed by atoms with Gasteiger partial charge in [0.1, 0.15) is 5.15 Å². The Morgan fingerprint density at radius 3 is 2.60 bits per heavy atom. The minimum Gasteiger partial charge on any atom is -0.365 e. The van der Waals surface area contributed by atoms with Crippen molar-refractivity contribution >= 4 is 29.1 Å². The number of hydrogen-bond donors (Lipinski definition) is 0. The molecule has 0 atom stereocenters. The van der Waals surface area contributed by atoms with Crippen molar-refractivity contribution in [3.8, 4) is 0 Å². The molecule has 0 unspecified atom stereocenters. The molecule has 0 N–H and O–H groups in total. The molecular formula is C12H12ClF3N2OS. The second-order valence-electron chi connectivity index (χ2n) is 3.89. The van der Waals surface area contributed by atoms with Crippen LogP contribution in [0, 0.1) is 0 Å². The molecule has 0 fully saturated rings. The summed E-state index contributed by atoms with van der Waals surface area (Å²) in [5.41, 5.74) is 0.774. The summed E-state index contributed by atoms with van der Waals surface area (Å²) in [6.07, 6.45) is -1.13. The van der Waals surface area contributed by atoms with Gasteiger partial charge in [0.25, 0.3) is 5.78 Å². The number of carbonyl (C=O) groups is 1. The van der Waals surface area contributed by atoms with Gasteiger partial charge in [0, 0.05) is 25.9 Å². The predicted molar refractivity (Wildman–Crippen MR) is 73.4 cm³/mol. The van der Waals surface area contributed by atoms with Gasteiger partial charge < -0.3 is 4.90 Å². The molecule has 0 aromatic carbocycles. The van der Waals surface area contributed by atoms with Crippen molar-refractivity contribution in [3.05, 3.63) is 40.2 Å². The number of allylic oxidation sites excluding steroid dienone is 1. The molecule has 1 rings (SSSR count). The van der Waals surface area contributed by atoms with Crippen LogP contribution in [-0.2, 0) is 11.3 Å². The average molecular weight is 325 g/mol. The van der Waals surface area contributed by atoms with E-state index in [0.29, 0.717) is 17.8 Å². The molecule has 110 valence electrons. The van der Waals surface area contributed by atoms with E-state index in [1.54, 1.807) is 30.3 Å². The van der Waals surface area contributed by atoms with E-state index in [-0.39, 0.29) is 5.03 Å². The number of alkyl halides is 3. The van der Waals surface area contributed by atoms with Gasteiger partial charge in [-0.05, 0) is 17.9 Å². The Labute approximate surface area is 123 Å². The molecule has 1 aromatic rings. The van der Waals surface area contributed by atoms with Crippen molar-refractivity contribution in [1.82, 2.24) is 9.88 Å². The zero-order valence-corrected chi connectivity index (χ0v) is 12.3. The number of rotatable bonds is 5. The maximum atomic E-state index is 12.2. The molecule has 1 aromatic heterocycles. The molecule has 0 saturated heterocycles. The van der Waals surface area contributed by atoms with E-state index in [9.17, 15) is 18.0 Å². The van der Waals surface area contributed by atoms with Crippen LogP contribution in [-0.4, -0.2) is 35.1 Å². The highest BCUT2D eigenvalue weighted by Crippen LogP contribution is 2.23. The van der Waals surface area contributed by atoms with Gasteiger partial charge in [-0.3, -0.25) is 4.79 Å². The first kappa shape index (κ1) is 16.8. The lowest BCUT2D eigenvalue weighted by Crippen LogP contribution is -2.23. The lowest BCUT2D eigenvalue weighted by molar-refractivity contribution is -0.165. The highest BCUT2D eigenvalue weighted by molar-refractivity contribution is 8.02. The van der Waals surface area contributed by atoms with Gasteiger partial charge >= 0.3 is 6.18 Å². The second kappa shape index (κ2) is 6.99. The third kappa shape index (κ3) is 5.05. The van der Waals surface area contributed by atoms with Crippen LogP contribution in [0.15, 0.2) is 29.4 Å². The Morgan fingerprint density at radius 2 is 2.15 bits per heavy atom. The summed E-state index contributed by atoms with van der Waals surface area (Å²) in [4.78, 5) is 16.4. The Kier molecular flexibility index (Phi) is 5.88. The van der Waals surface area contributed by atoms with Crippen LogP contribution in [0.4, 0.5) is 13.2 Å². The van der Waals surface area contributed by atoms with Crippen LogP contribution >= 0.6 is 23.4 Å². The van der Waals surface area contributed by atoms with E-state index in [2.05, 4.69) is 4.98 Å². The molecule has 0 saturated carbocycles. The van der Waals surface area contributed by atoms with Gasteiger partial charge in [-0.15, -0.1) is 11.8 Å². The van der Waals surface area contributed by atoms with Crippen molar-refractivity contribution < 1.29 is 18.0 Å². The average Bonchev–Trinajstić information content (AvgIpc) is 2.37. The molecule has 0 aliphatic carbocycles. The smallest absolute Gasteiger partial charge is 0.365 e. The first-order chi connectivity index (χ1) is 9.24. The number of thioether (sulfide) groups is 1. The molecule has 0 aliphatic rings. The highest BCUT2D eigenvalue weighted by Gasteiger charge is 2.37. The van der Waals surface area contributed by atoms with Gasteiger partial charge in [-0.25, -0.2) is 4.98 Å². The molecule has 0 bridgehead atoms. The summed E-state index contributed by atoms with van der Waals surface area (Å²) in [7, 11) is 1.60. The number of pyridine rings is 1. The fraction of sp³-hybridized carbons (Fsp3) is 0.333. The summed E-state index contributed by atoms with van der Waals surface area (Å²) in [5, 5.41) is 0.562. The molecule has 0 amide bonds. The molecule has 3 nitrogen and oxygen atoms in total.